The average molecular weight is 219 g/mol. The Morgan fingerprint density at radius 2 is 1.76 bits per heavy atom. The van der Waals surface area contributed by atoms with Crippen LogP contribution in [0.1, 0.15) is 5.82 Å². The van der Waals surface area contributed by atoms with Gasteiger partial charge in [-0.05, 0) is 18.2 Å². The molecule has 0 atom stereocenters. The van der Waals surface area contributed by atoms with Gasteiger partial charge in [0.15, 0.2) is 11.6 Å². The van der Waals surface area contributed by atoms with E-state index in [1.807, 2.05) is 42.5 Å². The molecule has 3 nitrogen and oxygen atoms in total. The molecule has 1 aliphatic carbocycles. The fraction of sp³-hybridized carbons (Fsp3) is 0. The van der Waals surface area contributed by atoms with Crippen LogP contribution in [0.5, 0.6) is 0 Å². The minimum absolute atomic E-state index is 0.745. The summed E-state index contributed by atoms with van der Waals surface area (Å²) in [6, 6.07) is 9.92. The van der Waals surface area contributed by atoms with Crippen LogP contribution < -0.4 is 0 Å². The molecule has 3 rings (SSSR count). The van der Waals surface area contributed by atoms with Gasteiger partial charge < -0.3 is 4.98 Å². The second-order valence-corrected chi connectivity index (χ2v) is 3.61. The molecule has 0 saturated heterocycles. The van der Waals surface area contributed by atoms with Crippen LogP contribution in [0, 0.1) is 0 Å². The van der Waals surface area contributed by atoms with Gasteiger partial charge in [0, 0.05) is 11.1 Å². The smallest absolute Gasteiger partial charge is 0.162 e. The molecule has 1 N–H and O–H groups in total. The predicted octanol–water partition coefficient (Wildman–Crippen LogP) is 2.74. The SMILES string of the molecule is C1=C=CC(c2nnc(-c3ccccc3)[nH]2)=CC=1. The Morgan fingerprint density at radius 3 is 2.53 bits per heavy atom. The number of aromatic nitrogens is 3. The first-order valence-electron chi connectivity index (χ1n) is 5.30. The number of hydrogen-bond donors (Lipinski definition) is 1. The number of rotatable bonds is 2. The zero-order valence-electron chi connectivity index (χ0n) is 9.01. The zero-order valence-corrected chi connectivity index (χ0v) is 9.01. The summed E-state index contributed by atoms with van der Waals surface area (Å²) in [7, 11) is 0. The van der Waals surface area contributed by atoms with Gasteiger partial charge in [-0.3, -0.25) is 0 Å². The summed E-state index contributed by atoms with van der Waals surface area (Å²) < 4.78 is 0. The highest BCUT2D eigenvalue weighted by Gasteiger charge is 2.07. The van der Waals surface area contributed by atoms with Gasteiger partial charge in [-0.1, -0.05) is 41.8 Å². The summed E-state index contributed by atoms with van der Waals surface area (Å²) in [6.45, 7) is 0. The molecule has 1 aliphatic rings. The number of allylic oxidation sites excluding steroid dienone is 4. The lowest BCUT2D eigenvalue weighted by Gasteiger charge is -1.95. The van der Waals surface area contributed by atoms with E-state index in [1.165, 1.54) is 0 Å². The molecule has 0 bridgehead atoms. The van der Waals surface area contributed by atoms with Crippen molar-refractivity contribution in [2.24, 2.45) is 0 Å². The third kappa shape index (κ3) is 1.88. The van der Waals surface area contributed by atoms with Gasteiger partial charge in [-0.25, -0.2) is 0 Å². The molecule has 0 fully saturated rings. The van der Waals surface area contributed by atoms with Crippen molar-refractivity contribution in [2.45, 2.75) is 0 Å². The molecule has 0 unspecified atom stereocenters. The third-order valence-electron chi connectivity index (χ3n) is 2.46. The van der Waals surface area contributed by atoms with Gasteiger partial charge in [-0.2, -0.15) is 0 Å². The number of H-pyrrole nitrogens is 1. The molecule has 1 aromatic carbocycles. The summed E-state index contributed by atoms with van der Waals surface area (Å²) >= 11 is 0. The van der Waals surface area contributed by atoms with Crippen LogP contribution in [-0.2, 0) is 0 Å². The van der Waals surface area contributed by atoms with E-state index in [2.05, 4.69) is 26.6 Å². The molecule has 2 aromatic rings. The molecule has 0 saturated carbocycles. The molecular formula is C14H9N3. The van der Waals surface area contributed by atoms with Crippen LogP contribution >= 0.6 is 0 Å². The monoisotopic (exact) mass is 219 g/mol. The average Bonchev–Trinajstić information content (AvgIpc) is 2.90. The van der Waals surface area contributed by atoms with Crippen LogP contribution in [0.25, 0.3) is 17.0 Å². The molecule has 1 heterocycles. The molecule has 0 amide bonds. The largest absolute Gasteiger partial charge is 0.321 e. The standard InChI is InChI=1S/C14H9N3/c1-3-7-11(8-4-1)13-15-14(17-16-13)12-9-5-2-6-10-12/h1,3-5,7-10H,(H,15,16,17). The molecule has 0 radical (unpaired) electrons. The van der Waals surface area contributed by atoms with E-state index in [-0.39, 0.29) is 0 Å². The number of nitrogens with zero attached hydrogens (tertiary/aromatic N) is 2. The Morgan fingerprint density at radius 1 is 0.941 bits per heavy atom. The highest BCUT2D eigenvalue weighted by Crippen LogP contribution is 2.18. The van der Waals surface area contributed by atoms with Gasteiger partial charge in [0.25, 0.3) is 0 Å². The van der Waals surface area contributed by atoms with Crippen molar-refractivity contribution >= 4 is 5.57 Å². The Labute approximate surface area is 98.5 Å². The quantitative estimate of drug-likeness (QED) is 0.789. The minimum atomic E-state index is 0.745. The van der Waals surface area contributed by atoms with E-state index in [0.29, 0.717) is 0 Å². The van der Waals surface area contributed by atoms with Crippen LogP contribution in [0.4, 0.5) is 0 Å². The van der Waals surface area contributed by atoms with Gasteiger partial charge in [0.1, 0.15) is 0 Å². The molecule has 1 aromatic heterocycles. The summed E-state index contributed by atoms with van der Waals surface area (Å²) in [6.07, 6.45) is 5.56. The van der Waals surface area contributed by atoms with E-state index in [0.717, 1.165) is 22.8 Å². The lowest BCUT2D eigenvalue weighted by atomic mass is 10.2. The topological polar surface area (TPSA) is 41.6 Å². The summed E-state index contributed by atoms with van der Waals surface area (Å²) in [5.74, 6) is 1.52. The molecule has 0 aliphatic heterocycles. The van der Waals surface area contributed by atoms with Gasteiger partial charge in [-0.15, -0.1) is 10.2 Å². The molecule has 3 heteroatoms. The third-order valence-corrected chi connectivity index (χ3v) is 2.46. The van der Waals surface area contributed by atoms with Crippen molar-refractivity contribution in [2.75, 3.05) is 0 Å². The lowest BCUT2D eigenvalue weighted by Crippen LogP contribution is -1.84. The lowest BCUT2D eigenvalue weighted by molar-refractivity contribution is 1.08. The summed E-state index contributed by atoms with van der Waals surface area (Å²) in [5.41, 5.74) is 7.73. The van der Waals surface area contributed by atoms with Crippen molar-refractivity contribution < 1.29 is 0 Å². The maximum Gasteiger partial charge on any atom is 0.162 e. The Hall–Kier alpha value is -2.60. The Bertz CT molecular complexity index is 665. The van der Waals surface area contributed by atoms with Crippen LogP contribution in [0.2, 0.25) is 0 Å². The van der Waals surface area contributed by atoms with Crippen molar-refractivity contribution in [3.05, 3.63) is 65.8 Å². The second-order valence-electron chi connectivity index (χ2n) is 3.61. The van der Waals surface area contributed by atoms with Crippen LogP contribution in [0.3, 0.4) is 0 Å². The van der Waals surface area contributed by atoms with E-state index < -0.39 is 0 Å². The highest BCUT2D eigenvalue weighted by atomic mass is 15.2. The van der Waals surface area contributed by atoms with E-state index in [4.69, 9.17) is 0 Å². The Kier molecular flexibility index (Phi) is 2.32. The number of hydrogen-bond acceptors (Lipinski definition) is 2. The van der Waals surface area contributed by atoms with Gasteiger partial charge in [0.05, 0.1) is 0 Å². The second kappa shape index (κ2) is 4.11. The molecular weight excluding hydrogens is 210 g/mol. The van der Waals surface area contributed by atoms with Crippen molar-refractivity contribution in [3.63, 3.8) is 0 Å². The first-order chi connectivity index (χ1) is 8.43. The number of nitrogens with one attached hydrogen (secondary N) is 1. The van der Waals surface area contributed by atoms with Crippen molar-refractivity contribution in [3.8, 4) is 11.4 Å². The fourth-order valence-corrected chi connectivity index (χ4v) is 1.61. The normalized spacial score (nSPS) is 12.8. The highest BCUT2D eigenvalue weighted by molar-refractivity contribution is 5.72. The summed E-state index contributed by atoms with van der Waals surface area (Å²) in [4.78, 5) is 3.19. The van der Waals surface area contributed by atoms with Gasteiger partial charge >= 0.3 is 0 Å². The van der Waals surface area contributed by atoms with Crippen LogP contribution in [-0.4, -0.2) is 15.2 Å². The Balaban J connectivity index is 1.97. The first kappa shape index (κ1) is 9.61. The maximum absolute atomic E-state index is 4.13. The fourth-order valence-electron chi connectivity index (χ4n) is 1.61. The van der Waals surface area contributed by atoms with Crippen LogP contribution in [0.15, 0.2) is 60.0 Å². The van der Waals surface area contributed by atoms with E-state index in [1.54, 1.807) is 6.08 Å². The zero-order chi connectivity index (χ0) is 11.5. The van der Waals surface area contributed by atoms with Crippen molar-refractivity contribution in [1.82, 2.24) is 15.2 Å². The molecule has 80 valence electrons. The molecule has 0 spiro atoms. The van der Waals surface area contributed by atoms with E-state index in [9.17, 15) is 0 Å². The summed E-state index contributed by atoms with van der Waals surface area (Å²) in [5, 5.41) is 8.26. The first-order valence-corrected chi connectivity index (χ1v) is 5.30. The number of aromatic amines is 1. The van der Waals surface area contributed by atoms with Gasteiger partial charge in [0.2, 0.25) is 0 Å². The predicted molar refractivity (Wildman–Crippen MR) is 66.0 cm³/mol. The maximum atomic E-state index is 4.13. The van der Waals surface area contributed by atoms with Crippen molar-refractivity contribution in [1.29, 1.82) is 0 Å². The number of benzene rings is 1. The molecule has 17 heavy (non-hydrogen) atoms. The van der Waals surface area contributed by atoms with E-state index >= 15 is 0 Å². The minimum Gasteiger partial charge on any atom is -0.321 e.